The standard InChI is InChI=1S/C19H18ClF3N6O/c1-3-28-16(7-8-24-28)29-15-9-11(2)27(10-14(15)25-26-29)18(30)12-5-4-6-13(17(12)20)19(21,22)23/h4-8,11H,3,9-10H2,1-2H3. The maximum atomic E-state index is 13.2. The van der Waals surface area contributed by atoms with Gasteiger partial charge in [0.2, 0.25) is 0 Å². The SMILES string of the molecule is CCn1nccc1-n1nnc2c1CC(C)N(C(=O)c1cccc(C(F)(F)F)c1Cl)C2. The van der Waals surface area contributed by atoms with Gasteiger partial charge >= 0.3 is 6.18 Å². The zero-order chi connectivity index (χ0) is 21.6. The van der Waals surface area contributed by atoms with Crippen LogP contribution in [0.1, 0.15) is 41.2 Å². The molecular formula is C19H18ClF3N6O. The average molecular weight is 439 g/mol. The molecule has 0 fully saturated rings. The molecule has 30 heavy (non-hydrogen) atoms. The van der Waals surface area contributed by atoms with Crippen LogP contribution < -0.4 is 0 Å². The van der Waals surface area contributed by atoms with Gasteiger partial charge in [-0.1, -0.05) is 22.9 Å². The summed E-state index contributed by atoms with van der Waals surface area (Å²) in [7, 11) is 0. The minimum Gasteiger partial charge on any atom is -0.329 e. The van der Waals surface area contributed by atoms with E-state index in [9.17, 15) is 18.0 Å². The Labute approximate surface area is 175 Å². The predicted molar refractivity (Wildman–Crippen MR) is 102 cm³/mol. The van der Waals surface area contributed by atoms with Gasteiger partial charge in [0.15, 0.2) is 5.82 Å². The van der Waals surface area contributed by atoms with Gasteiger partial charge in [-0.05, 0) is 26.0 Å². The van der Waals surface area contributed by atoms with E-state index in [1.165, 1.54) is 17.0 Å². The molecule has 158 valence electrons. The first-order valence-electron chi connectivity index (χ1n) is 9.34. The first-order chi connectivity index (χ1) is 14.2. The van der Waals surface area contributed by atoms with E-state index < -0.39 is 22.7 Å². The highest BCUT2D eigenvalue weighted by atomic mass is 35.5. The molecule has 11 heteroatoms. The average Bonchev–Trinajstić information content (AvgIpc) is 3.31. The maximum absolute atomic E-state index is 13.2. The smallest absolute Gasteiger partial charge is 0.329 e. The fraction of sp³-hybridized carbons (Fsp3) is 0.368. The number of fused-ring (bicyclic) bond motifs is 1. The number of carbonyl (C=O) groups is 1. The summed E-state index contributed by atoms with van der Waals surface area (Å²) in [5.74, 6) is 0.191. The molecule has 0 bridgehead atoms. The summed E-state index contributed by atoms with van der Waals surface area (Å²) in [6.45, 7) is 4.58. The Balaban J connectivity index is 1.66. The Kier molecular flexibility index (Phi) is 5.05. The first kappa shape index (κ1) is 20.4. The molecule has 0 aliphatic carbocycles. The highest BCUT2D eigenvalue weighted by molar-refractivity contribution is 6.34. The molecule has 0 saturated heterocycles. The van der Waals surface area contributed by atoms with Crippen molar-refractivity contribution in [2.24, 2.45) is 0 Å². The van der Waals surface area contributed by atoms with Crippen molar-refractivity contribution in [3.63, 3.8) is 0 Å². The third kappa shape index (κ3) is 3.34. The lowest BCUT2D eigenvalue weighted by molar-refractivity contribution is -0.137. The highest BCUT2D eigenvalue weighted by Crippen LogP contribution is 2.37. The quantitative estimate of drug-likeness (QED) is 0.624. The zero-order valence-corrected chi connectivity index (χ0v) is 16.9. The van der Waals surface area contributed by atoms with E-state index in [-0.39, 0.29) is 18.2 Å². The fourth-order valence-electron chi connectivity index (χ4n) is 3.64. The molecule has 0 N–H and O–H groups in total. The molecule has 1 unspecified atom stereocenters. The molecule has 4 rings (SSSR count). The minimum atomic E-state index is -4.64. The fourth-order valence-corrected chi connectivity index (χ4v) is 3.96. The topological polar surface area (TPSA) is 68.8 Å². The van der Waals surface area contributed by atoms with Crippen molar-refractivity contribution in [3.05, 3.63) is 58.0 Å². The summed E-state index contributed by atoms with van der Waals surface area (Å²) in [6.07, 6.45) is -2.52. The molecule has 1 aromatic carbocycles. The molecule has 1 aliphatic rings. The van der Waals surface area contributed by atoms with E-state index in [2.05, 4.69) is 15.4 Å². The van der Waals surface area contributed by atoms with Gasteiger partial charge in [-0.15, -0.1) is 5.10 Å². The normalized spacial score (nSPS) is 16.6. The molecular weight excluding hydrogens is 421 g/mol. The van der Waals surface area contributed by atoms with Crippen LogP contribution in [0.5, 0.6) is 0 Å². The van der Waals surface area contributed by atoms with E-state index in [0.717, 1.165) is 17.6 Å². The van der Waals surface area contributed by atoms with Gasteiger partial charge in [-0.2, -0.15) is 23.0 Å². The lowest BCUT2D eigenvalue weighted by Crippen LogP contribution is -2.43. The number of carbonyl (C=O) groups excluding carboxylic acids is 1. The number of hydrogen-bond donors (Lipinski definition) is 0. The van der Waals surface area contributed by atoms with Gasteiger partial charge in [0.25, 0.3) is 5.91 Å². The highest BCUT2D eigenvalue weighted by Gasteiger charge is 2.37. The van der Waals surface area contributed by atoms with Crippen molar-refractivity contribution in [3.8, 4) is 5.82 Å². The zero-order valence-electron chi connectivity index (χ0n) is 16.2. The van der Waals surface area contributed by atoms with Gasteiger partial charge in [0.1, 0.15) is 5.69 Å². The number of rotatable bonds is 3. The van der Waals surface area contributed by atoms with Crippen LogP contribution in [0.4, 0.5) is 13.2 Å². The Morgan fingerprint density at radius 1 is 1.30 bits per heavy atom. The van der Waals surface area contributed by atoms with Crippen LogP contribution in [0.2, 0.25) is 5.02 Å². The van der Waals surface area contributed by atoms with Crippen LogP contribution in [0, 0.1) is 0 Å². The van der Waals surface area contributed by atoms with Crippen LogP contribution in [0.25, 0.3) is 5.82 Å². The summed E-state index contributed by atoms with van der Waals surface area (Å²) >= 11 is 5.95. The third-order valence-electron chi connectivity index (χ3n) is 5.19. The number of hydrogen-bond acceptors (Lipinski definition) is 4. The second-order valence-electron chi connectivity index (χ2n) is 7.05. The summed E-state index contributed by atoms with van der Waals surface area (Å²) in [6, 6.07) is 4.89. The predicted octanol–water partition coefficient (Wildman–Crippen LogP) is 3.74. The van der Waals surface area contributed by atoms with Crippen LogP contribution in [0.3, 0.4) is 0 Å². The molecule has 7 nitrogen and oxygen atoms in total. The Bertz CT molecular complexity index is 1110. The Morgan fingerprint density at radius 3 is 2.77 bits per heavy atom. The van der Waals surface area contributed by atoms with Crippen molar-refractivity contribution in [1.82, 2.24) is 29.7 Å². The van der Waals surface area contributed by atoms with E-state index in [1.807, 2.05) is 19.9 Å². The second kappa shape index (κ2) is 7.42. The van der Waals surface area contributed by atoms with E-state index in [0.29, 0.717) is 18.7 Å². The summed E-state index contributed by atoms with van der Waals surface area (Å²) in [4.78, 5) is 14.5. The lowest BCUT2D eigenvalue weighted by Gasteiger charge is -2.33. The summed E-state index contributed by atoms with van der Waals surface area (Å²) in [5, 5.41) is 12.0. The van der Waals surface area contributed by atoms with Crippen molar-refractivity contribution < 1.29 is 18.0 Å². The first-order valence-corrected chi connectivity index (χ1v) is 9.72. The van der Waals surface area contributed by atoms with Gasteiger partial charge in [0, 0.05) is 25.1 Å². The number of benzene rings is 1. The second-order valence-corrected chi connectivity index (χ2v) is 7.43. The molecule has 1 aliphatic heterocycles. The van der Waals surface area contributed by atoms with Gasteiger partial charge < -0.3 is 4.90 Å². The molecule has 0 radical (unpaired) electrons. The Hall–Kier alpha value is -2.88. The molecule has 1 atom stereocenters. The molecule has 0 spiro atoms. The largest absolute Gasteiger partial charge is 0.417 e. The van der Waals surface area contributed by atoms with Crippen molar-refractivity contribution >= 4 is 17.5 Å². The Morgan fingerprint density at radius 2 is 2.07 bits per heavy atom. The van der Waals surface area contributed by atoms with Crippen molar-refractivity contribution in [2.45, 2.75) is 45.6 Å². The van der Waals surface area contributed by atoms with E-state index in [1.54, 1.807) is 15.6 Å². The van der Waals surface area contributed by atoms with Crippen LogP contribution in [-0.2, 0) is 25.7 Å². The third-order valence-corrected chi connectivity index (χ3v) is 5.60. The van der Waals surface area contributed by atoms with Gasteiger partial charge in [0.05, 0.1) is 34.6 Å². The molecule has 1 amide bonds. The lowest BCUT2D eigenvalue weighted by atomic mass is 10.0. The van der Waals surface area contributed by atoms with E-state index in [4.69, 9.17) is 11.6 Å². The van der Waals surface area contributed by atoms with E-state index >= 15 is 0 Å². The van der Waals surface area contributed by atoms with Crippen molar-refractivity contribution in [2.75, 3.05) is 0 Å². The van der Waals surface area contributed by atoms with Crippen LogP contribution in [0.15, 0.2) is 30.5 Å². The van der Waals surface area contributed by atoms with Crippen LogP contribution >= 0.6 is 11.6 Å². The van der Waals surface area contributed by atoms with Gasteiger partial charge in [-0.25, -0.2) is 4.68 Å². The van der Waals surface area contributed by atoms with Gasteiger partial charge in [-0.3, -0.25) is 4.79 Å². The maximum Gasteiger partial charge on any atom is 0.417 e. The number of nitrogens with zero attached hydrogens (tertiary/aromatic N) is 6. The minimum absolute atomic E-state index is 0.127. The number of aromatic nitrogens is 5. The number of alkyl halides is 3. The number of halogens is 4. The number of amides is 1. The van der Waals surface area contributed by atoms with Crippen LogP contribution in [-0.4, -0.2) is 41.6 Å². The summed E-state index contributed by atoms with van der Waals surface area (Å²) < 4.78 is 43.0. The molecule has 3 heterocycles. The molecule has 0 saturated carbocycles. The molecule has 2 aromatic heterocycles. The molecule has 3 aromatic rings. The number of aryl methyl sites for hydroxylation is 1. The summed E-state index contributed by atoms with van der Waals surface area (Å²) in [5.41, 5.74) is 0.225. The monoisotopic (exact) mass is 438 g/mol. The van der Waals surface area contributed by atoms with Crippen molar-refractivity contribution in [1.29, 1.82) is 0 Å².